The number of hydrogen-bond acceptors (Lipinski definition) is 4. The maximum atomic E-state index is 13.8. The molecule has 0 atom stereocenters. The highest BCUT2D eigenvalue weighted by Gasteiger charge is 2.37. The predicted octanol–water partition coefficient (Wildman–Crippen LogP) is 8.30. The van der Waals surface area contributed by atoms with Gasteiger partial charge in [0.2, 0.25) is 0 Å². The molecule has 0 radical (unpaired) electrons. The SMILES string of the molecule is CCc1ccc(-c2c(C)cc(N(CCO[Si](C)(C)C(C)(C)C)C(=O)c3c(Cl)ncnc3Cl)cc2C)cc1. The van der Waals surface area contributed by atoms with Gasteiger partial charge in [0.15, 0.2) is 8.32 Å². The van der Waals surface area contributed by atoms with E-state index in [0.29, 0.717) is 13.2 Å². The lowest BCUT2D eigenvalue weighted by Gasteiger charge is -2.37. The van der Waals surface area contributed by atoms with Crippen molar-refractivity contribution in [3.8, 4) is 11.1 Å². The zero-order valence-electron chi connectivity index (χ0n) is 23.1. The summed E-state index contributed by atoms with van der Waals surface area (Å²) in [5.41, 5.74) is 6.60. The first-order valence-corrected chi connectivity index (χ1v) is 16.3. The lowest BCUT2D eigenvalue weighted by Crippen LogP contribution is -2.43. The maximum absolute atomic E-state index is 13.8. The molecule has 1 amide bonds. The van der Waals surface area contributed by atoms with Gasteiger partial charge in [-0.25, -0.2) is 9.97 Å². The smallest absolute Gasteiger partial charge is 0.264 e. The predicted molar refractivity (Wildman–Crippen MR) is 158 cm³/mol. The largest absolute Gasteiger partial charge is 0.415 e. The summed E-state index contributed by atoms with van der Waals surface area (Å²) >= 11 is 12.6. The summed E-state index contributed by atoms with van der Waals surface area (Å²) in [6.45, 7) is 18.0. The van der Waals surface area contributed by atoms with E-state index in [2.05, 4.69) is 88.9 Å². The van der Waals surface area contributed by atoms with Crippen LogP contribution < -0.4 is 4.90 Å². The van der Waals surface area contributed by atoms with Gasteiger partial charge in [-0.2, -0.15) is 0 Å². The zero-order valence-corrected chi connectivity index (χ0v) is 25.6. The first kappa shape index (κ1) is 29.3. The van der Waals surface area contributed by atoms with Crippen molar-refractivity contribution in [2.75, 3.05) is 18.1 Å². The summed E-state index contributed by atoms with van der Waals surface area (Å²) in [5.74, 6) is -0.353. The van der Waals surface area contributed by atoms with Crippen molar-refractivity contribution in [2.24, 2.45) is 0 Å². The average molecular weight is 559 g/mol. The van der Waals surface area contributed by atoms with Crippen LogP contribution in [0, 0.1) is 13.8 Å². The molecule has 0 unspecified atom stereocenters. The molecule has 0 saturated heterocycles. The first-order valence-electron chi connectivity index (χ1n) is 12.6. The maximum Gasteiger partial charge on any atom is 0.264 e. The van der Waals surface area contributed by atoms with E-state index in [0.717, 1.165) is 34.4 Å². The number of benzene rings is 2. The van der Waals surface area contributed by atoms with Crippen LogP contribution >= 0.6 is 23.2 Å². The Bertz CT molecular complexity index is 1230. The number of rotatable bonds is 8. The highest BCUT2D eigenvalue weighted by atomic mass is 35.5. The molecule has 0 aliphatic carbocycles. The Kier molecular flexibility index (Phi) is 9.22. The van der Waals surface area contributed by atoms with Crippen LogP contribution in [0.3, 0.4) is 0 Å². The quantitative estimate of drug-likeness (QED) is 0.206. The number of carbonyl (C=O) groups is 1. The molecule has 0 saturated carbocycles. The molecule has 3 aromatic rings. The second kappa shape index (κ2) is 11.6. The van der Waals surface area contributed by atoms with E-state index in [-0.39, 0.29) is 26.8 Å². The minimum Gasteiger partial charge on any atom is -0.415 e. The first-order chi connectivity index (χ1) is 17.3. The summed E-state index contributed by atoms with van der Waals surface area (Å²) in [6, 6.07) is 12.7. The van der Waals surface area contributed by atoms with E-state index in [1.54, 1.807) is 4.90 Å². The van der Waals surface area contributed by atoms with E-state index >= 15 is 0 Å². The van der Waals surface area contributed by atoms with E-state index in [1.165, 1.54) is 11.9 Å². The summed E-state index contributed by atoms with van der Waals surface area (Å²) < 4.78 is 6.42. The van der Waals surface area contributed by atoms with Crippen molar-refractivity contribution in [3.05, 3.63) is 75.3 Å². The van der Waals surface area contributed by atoms with Crippen molar-refractivity contribution in [1.82, 2.24) is 9.97 Å². The number of amides is 1. The van der Waals surface area contributed by atoms with Gasteiger partial charge in [-0.1, -0.05) is 75.2 Å². The Morgan fingerprint density at radius 3 is 2.03 bits per heavy atom. The number of hydrogen-bond donors (Lipinski definition) is 0. The molecular formula is C29H37Cl2N3O2Si. The second-order valence-corrected chi connectivity index (χ2v) is 16.4. The molecule has 8 heteroatoms. The summed E-state index contributed by atoms with van der Waals surface area (Å²) in [7, 11) is -2.01. The van der Waals surface area contributed by atoms with E-state index in [4.69, 9.17) is 27.6 Å². The van der Waals surface area contributed by atoms with Crippen LogP contribution in [0.2, 0.25) is 28.4 Å². The molecule has 198 valence electrons. The second-order valence-electron chi connectivity index (χ2n) is 10.9. The Hall–Kier alpha value is -2.25. The highest BCUT2D eigenvalue weighted by molar-refractivity contribution is 6.74. The minimum absolute atomic E-state index is 0.0291. The van der Waals surface area contributed by atoms with Crippen LogP contribution in [-0.2, 0) is 10.8 Å². The molecule has 5 nitrogen and oxygen atoms in total. The van der Waals surface area contributed by atoms with E-state index in [1.807, 2.05) is 12.1 Å². The molecule has 0 fully saturated rings. The topological polar surface area (TPSA) is 55.3 Å². The van der Waals surface area contributed by atoms with Gasteiger partial charge < -0.3 is 9.33 Å². The molecule has 0 aliphatic heterocycles. The zero-order chi connectivity index (χ0) is 27.5. The Morgan fingerprint density at radius 2 is 1.54 bits per heavy atom. The normalized spacial score (nSPS) is 12.1. The molecule has 2 aromatic carbocycles. The number of aryl methyl sites for hydroxylation is 3. The average Bonchev–Trinajstić information content (AvgIpc) is 2.81. The molecule has 1 aromatic heterocycles. The van der Waals surface area contributed by atoms with Crippen LogP contribution in [0.5, 0.6) is 0 Å². The minimum atomic E-state index is -2.01. The van der Waals surface area contributed by atoms with Gasteiger partial charge in [-0.05, 0) is 78.4 Å². The monoisotopic (exact) mass is 557 g/mol. The standard InChI is InChI=1S/C29H37Cl2N3O2Si/c1-9-21-10-12-22(13-11-21)24-19(2)16-23(17-20(24)3)34(14-15-36-37(7,8)29(4,5)6)28(35)25-26(30)32-18-33-27(25)31/h10-13,16-18H,9,14-15H2,1-8H3. The molecule has 1 heterocycles. The lowest BCUT2D eigenvalue weighted by atomic mass is 9.94. The van der Waals surface area contributed by atoms with Crippen molar-refractivity contribution in [3.63, 3.8) is 0 Å². The van der Waals surface area contributed by atoms with Crippen LogP contribution in [0.25, 0.3) is 11.1 Å². The molecule has 0 aliphatic rings. The van der Waals surface area contributed by atoms with E-state index < -0.39 is 8.32 Å². The highest BCUT2D eigenvalue weighted by Crippen LogP contribution is 2.37. The van der Waals surface area contributed by atoms with Gasteiger partial charge >= 0.3 is 0 Å². The van der Waals surface area contributed by atoms with Gasteiger partial charge in [-0.15, -0.1) is 0 Å². The van der Waals surface area contributed by atoms with E-state index in [9.17, 15) is 4.79 Å². The summed E-state index contributed by atoms with van der Waals surface area (Å²) in [5, 5.41) is 0.118. The van der Waals surface area contributed by atoms with Crippen molar-refractivity contribution in [1.29, 1.82) is 0 Å². The van der Waals surface area contributed by atoms with Gasteiger partial charge in [0.05, 0.1) is 6.61 Å². The summed E-state index contributed by atoms with van der Waals surface area (Å²) in [4.78, 5) is 23.5. The summed E-state index contributed by atoms with van der Waals surface area (Å²) in [6.07, 6.45) is 2.25. The fourth-order valence-electron chi connectivity index (χ4n) is 4.07. The third-order valence-corrected chi connectivity index (χ3v) is 12.4. The fourth-order valence-corrected chi connectivity index (χ4v) is 5.58. The van der Waals surface area contributed by atoms with Gasteiger partial charge in [-0.3, -0.25) is 4.79 Å². The van der Waals surface area contributed by atoms with Gasteiger partial charge in [0, 0.05) is 12.2 Å². The number of nitrogens with zero attached hydrogens (tertiary/aromatic N) is 3. The molecule has 0 N–H and O–H groups in total. The Balaban J connectivity index is 2.02. The molecule has 0 spiro atoms. The number of halogens is 2. The van der Waals surface area contributed by atoms with Crippen molar-refractivity contribution >= 4 is 43.1 Å². The molecule has 37 heavy (non-hydrogen) atoms. The van der Waals surface area contributed by atoms with Crippen LogP contribution in [0.4, 0.5) is 5.69 Å². The number of anilines is 1. The van der Waals surface area contributed by atoms with Crippen LogP contribution in [0.1, 0.15) is 54.7 Å². The van der Waals surface area contributed by atoms with Gasteiger partial charge in [0.1, 0.15) is 22.2 Å². The van der Waals surface area contributed by atoms with Crippen LogP contribution in [0.15, 0.2) is 42.7 Å². The van der Waals surface area contributed by atoms with Crippen LogP contribution in [-0.4, -0.2) is 37.3 Å². The molecule has 0 bridgehead atoms. The van der Waals surface area contributed by atoms with Crippen molar-refractivity contribution < 1.29 is 9.22 Å². The third kappa shape index (κ3) is 6.61. The number of aromatic nitrogens is 2. The van der Waals surface area contributed by atoms with Crippen molar-refractivity contribution in [2.45, 2.75) is 66.1 Å². The molecular weight excluding hydrogens is 521 g/mol. The molecule has 3 rings (SSSR count). The Morgan fingerprint density at radius 1 is 1.00 bits per heavy atom. The lowest BCUT2D eigenvalue weighted by molar-refractivity contribution is 0.0981. The Labute approximate surface area is 232 Å². The third-order valence-electron chi connectivity index (χ3n) is 7.28. The number of carbonyl (C=O) groups excluding carboxylic acids is 1. The fraction of sp³-hybridized carbons (Fsp3) is 0.414. The van der Waals surface area contributed by atoms with Gasteiger partial charge in [0.25, 0.3) is 5.91 Å².